The Morgan fingerprint density at radius 3 is 2.89 bits per heavy atom. The zero-order valence-corrected chi connectivity index (χ0v) is 21.6. The lowest BCUT2D eigenvalue weighted by molar-refractivity contribution is 0.280. The standard InChI is InChI=1S/C28H35N7O2/c1-19(34-17-27(30-18-34)24-12-23(37-2)13-26-25(24)15-31-32-26)35-10-8-22(11-28(35)36)33-9-4-7-21(16-33)29-14-20-5-3-6-20/h8,10-13,15,17-21,29H,3-7,9,14,16H2,1-2H3,(H,31,32)/t19?,21-/m1/s1. The van der Waals surface area contributed by atoms with Gasteiger partial charge in [-0.15, -0.1) is 0 Å². The number of rotatable bonds is 8. The summed E-state index contributed by atoms with van der Waals surface area (Å²) >= 11 is 0. The smallest absolute Gasteiger partial charge is 0.254 e. The number of anilines is 1. The van der Waals surface area contributed by atoms with E-state index in [1.807, 2.05) is 36.0 Å². The number of aromatic amines is 1. The van der Waals surface area contributed by atoms with E-state index in [1.165, 1.54) is 25.7 Å². The maximum absolute atomic E-state index is 13.2. The second-order valence-corrected chi connectivity index (χ2v) is 10.5. The second-order valence-electron chi connectivity index (χ2n) is 10.5. The summed E-state index contributed by atoms with van der Waals surface area (Å²) in [5, 5.41) is 11.9. The quantitative estimate of drug-likeness (QED) is 0.379. The number of methoxy groups -OCH3 is 1. The highest BCUT2D eigenvalue weighted by molar-refractivity contribution is 5.94. The summed E-state index contributed by atoms with van der Waals surface area (Å²) in [6, 6.07) is 8.23. The minimum Gasteiger partial charge on any atom is -0.497 e. The number of hydrogen-bond donors (Lipinski definition) is 2. The third-order valence-corrected chi connectivity index (χ3v) is 8.12. The zero-order valence-electron chi connectivity index (χ0n) is 21.6. The van der Waals surface area contributed by atoms with Crippen LogP contribution in [0.2, 0.25) is 0 Å². The molecule has 4 heterocycles. The lowest BCUT2D eigenvalue weighted by Gasteiger charge is -2.36. The fourth-order valence-electron chi connectivity index (χ4n) is 5.57. The van der Waals surface area contributed by atoms with E-state index in [4.69, 9.17) is 4.74 Å². The van der Waals surface area contributed by atoms with E-state index in [9.17, 15) is 4.79 Å². The molecule has 4 aromatic rings. The number of fused-ring (bicyclic) bond motifs is 1. The first-order chi connectivity index (χ1) is 18.1. The van der Waals surface area contributed by atoms with Gasteiger partial charge in [0.15, 0.2) is 0 Å². The van der Waals surface area contributed by atoms with Crippen molar-refractivity contribution >= 4 is 16.6 Å². The Kier molecular flexibility index (Phi) is 6.46. The van der Waals surface area contributed by atoms with Crippen LogP contribution in [0.3, 0.4) is 0 Å². The average Bonchev–Trinajstić information content (AvgIpc) is 3.57. The van der Waals surface area contributed by atoms with E-state index in [0.717, 1.165) is 65.6 Å². The van der Waals surface area contributed by atoms with Gasteiger partial charge in [0.25, 0.3) is 5.56 Å². The van der Waals surface area contributed by atoms with Gasteiger partial charge in [-0.05, 0) is 57.2 Å². The van der Waals surface area contributed by atoms with Crippen molar-refractivity contribution in [3.63, 3.8) is 0 Å². The molecule has 2 atom stereocenters. The molecule has 2 fully saturated rings. The van der Waals surface area contributed by atoms with Crippen LogP contribution in [0, 0.1) is 5.92 Å². The Hall–Kier alpha value is -3.59. The number of piperidine rings is 1. The fraction of sp³-hybridized carbons (Fsp3) is 0.464. The van der Waals surface area contributed by atoms with Crippen LogP contribution in [0.5, 0.6) is 5.75 Å². The van der Waals surface area contributed by atoms with E-state index in [2.05, 4.69) is 31.5 Å². The van der Waals surface area contributed by atoms with Gasteiger partial charge in [0.2, 0.25) is 0 Å². The molecule has 0 radical (unpaired) electrons. The van der Waals surface area contributed by atoms with E-state index in [0.29, 0.717) is 6.04 Å². The summed E-state index contributed by atoms with van der Waals surface area (Å²) in [5.74, 6) is 1.60. The molecule has 2 N–H and O–H groups in total. The molecule has 1 saturated heterocycles. The molecular weight excluding hydrogens is 466 g/mol. The van der Waals surface area contributed by atoms with Gasteiger partial charge in [-0.2, -0.15) is 5.10 Å². The third kappa shape index (κ3) is 4.75. The fourth-order valence-corrected chi connectivity index (χ4v) is 5.57. The summed E-state index contributed by atoms with van der Waals surface area (Å²) in [5.41, 5.74) is 3.62. The van der Waals surface area contributed by atoms with Gasteiger partial charge in [0.1, 0.15) is 11.9 Å². The largest absolute Gasteiger partial charge is 0.497 e. The molecule has 0 bridgehead atoms. The molecule has 1 aliphatic carbocycles. The van der Waals surface area contributed by atoms with Gasteiger partial charge in [0, 0.05) is 60.3 Å². The maximum atomic E-state index is 13.2. The molecule has 2 aliphatic rings. The molecule has 6 rings (SSSR count). The summed E-state index contributed by atoms with van der Waals surface area (Å²) < 4.78 is 9.17. The number of H-pyrrole nitrogens is 1. The molecule has 3 aromatic heterocycles. The monoisotopic (exact) mass is 501 g/mol. The lowest BCUT2D eigenvalue weighted by Crippen LogP contribution is -2.47. The Bertz CT molecular complexity index is 1430. The second kappa shape index (κ2) is 10.0. The number of ether oxygens (including phenoxy) is 1. The van der Waals surface area contributed by atoms with Crippen molar-refractivity contribution < 1.29 is 4.74 Å². The van der Waals surface area contributed by atoms with E-state index in [-0.39, 0.29) is 11.7 Å². The third-order valence-electron chi connectivity index (χ3n) is 8.12. The molecule has 1 unspecified atom stereocenters. The van der Waals surface area contributed by atoms with Gasteiger partial charge in [0.05, 0.1) is 30.8 Å². The summed E-state index contributed by atoms with van der Waals surface area (Å²) in [4.78, 5) is 20.2. The van der Waals surface area contributed by atoms with Crippen LogP contribution in [0.4, 0.5) is 5.69 Å². The van der Waals surface area contributed by atoms with Crippen LogP contribution >= 0.6 is 0 Å². The van der Waals surface area contributed by atoms with Crippen molar-refractivity contribution in [1.29, 1.82) is 0 Å². The van der Waals surface area contributed by atoms with Crippen LogP contribution in [0.1, 0.15) is 45.2 Å². The molecule has 1 aromatic carbocycles. The SMILES string of the molecule is COc1cc(-c2cn(C(C)n3ccc(N4CCC[C@@H](NCC5CCC5)C4)cc3=O)cn2)c2cn[nH]c2c1. The van der Waals surface area contributed by atoms with Crippen molar-refractivity contribution in [3.8, 4) is 17.0 Å². The Morgan fingerprint density at radius 1 is 1.22 bits per heavy atom. The molecule has 37 heavy (non-hydrogen) atoms. The van der Waals surface area contributed by atoms with Gasteiger partial charge >= 0.3 is 0 Å². The van der Waals surface area contributed by atoms with Crippen molar-refractivity contribution in [2.45, 2.75) is 51.2 Å². The Labute approximate surface area is 216 Å². The first-order valence-corrected chi connectivity index (χ1v) is 13.3. The predicted octanol–water partition coefficient (Wildman–Crippen LogP) is 4.02. The number of hydrogen-bond acceptors (Lipinski definition) is 6. The van der Waals surface area contributed by atoms with Gasteiger partial charge < -0.3 is 19.5 Å². The molecule has 9 nitrogen and oxygen atoms in total. The van der Waals surface area contributed by atoms with Gasteiger partial charge in [-0.3, -0.25) is 14.5 Å². The Morgan fingerprint density at radius 2 is 2.11 bits per heavy atom. The molecular formula is C28H35N7O2. The minimum atomic E-state index is -0.216. The first-order valence-electron chi connectivity index (χ1n) is 13.3. The maximum Gasteiger partial charge on any atom is 0.254 e. The number of benzene rings is 1. The molecule has 9 heteroatoms. The highest BCUT2D eigenvalue weighted by Crippen LogP contribution is 2.32. The molecule has 194 valence electrons. The molecule has 0 spiro atoms. The molecule has 1 saturated carbocycles. The van der Waals surface area contributed by atoms with Crippen LogP contribution in [-0.4, -0.2) is 57.1 Å². The van der Waals surface area contributed by atoms with Crippen molar-refractivity contribution in [2.24, 2.45) is 5.92 Å². The average molecular weight is 502 g/mol. The number of aromatic nitrogens is 5. The molecule has 1 aliphatic heterocycles. The number of nitrogens with one attached hydrogen (secondary N) is 2. The van der Waals surface area contributed by atoms with Gasteiger partial charge in [-0.1, -0.05) is 6.42 Å². The molecule has 0 amide bonds. The number of nitrogens with zero attached hydrogens (tertiary/aromatic N) is 5. The van der Waals surface area contributed by atoms with Crippen LogP contribution in [0.25, 0.3) is 22.2 Å². The topological polar surface area (TPSA) is 93.0 Å². The number of imidazole rings is 1. The summed E-state index contributed by atoms with van der Waals surface area (Å²) in [6.45, 7) is 5.09. The lowest BCUT2D eigenvalue weighted by atomic mass is 9.85. The predicted molar refractivity (Wildman–Crippen MR) is 145 cm³/mol. The van der Waals surface area contributed by atoms with Crippen molar-refractivity contribution in [1.82, 2.24) is 29.6 Å². The van der Waals surface area contributed by atoms with Crippen LogP contribution in [0.15, 0.2) is 54.0 Å². The van der Waals surface area contributed by atoms with Crippen LogP contribution < -0.4 is 20.5 Å². The van der Waals surface area contributed by atoms with Crippen molar-refractivity contribution in [3.05, 3.63) is 59.5 Å². The zero-order chi connectivity index (χ0) is 25.4. The first kappa shape index (κ1) is 23.8. The van der Waals surface area contributed by atoms with E-state index >= 15 is 0 Å². The van der Waals surface area contributed by atoms with Gasteiger partial charge in [-0.25, -0.2) is 4.98 Å². The minimum absolute atomic E-state index is 0.0107. The van der Waals surface area contributed by atoms with E-state index < -0.39 is 0 Å². The Balaban J connectivity index is 1.18. The summed E-state index contributed by atoms with van der Waals surface area (Å²) in [6.07, 6.45) is 13.7. The summed E-state index contributed by atoms with van der Waals surface area (Å²) in [7, 11) is 1.65. The normalized spacial score (nSPS) is 19.2. The van der Waals surface area contributed by atoms with E-state index in [1.54, 1.807) is 30.3 Å². The number of pyridine rings is 1. The van der Waals surface area contributed by atoms with Crippen LogP contribution in [-0.2, 0) is 0 Å². The highest BCUT2D eigenvalue weighted by Gasteiger charge is 2.23. The van der Waals surface area contributed by atoms with Crippen molar-refractivity contribution in [2.75, 3.05) is 31.6 Å². The highest BCUT2D eigenvalue weighted by atomic mass is 16.5.